The minimum absolute atomic E-state index is 0. The normalized spacial score (nSPS) is 16.5. The number of hydrogen-bond donors (Lipinski definition) is 0. The number of aliphatic imine (C=N–C) groups is 4. The van der Waals surface area contributed by atoms with Crippen LogP contribution in [0.5, 0.6) is 0 Å². The summed E-state index contributed by atoms with van der Waals surface area (Å²) in [5.74, 6) is 0.425. The van der Waals surface area contributed by atoms with Crippen molar-refractivity contribution in [2.45, 2.75) is 128 Å². The average molecular weight is 1030 g/mol. The number of halogens is 4. The smallest absolute Gasteiger partial charge is 0.862 e. The summed E-state index contributed by atoms with van der Waals surface area (Å²) in [6, 6.07) is 25.0. The van der Waals surface area contributed by atoms with Crippen molar-refractivity contribution in [1.29, 1.82) is 0 Å². The molecule has 0 atom stereocenters. The van der Waals surface area contributed by atoms with Crippen LogP contribution in [0.4, 0.5) is 0 Å². The monoisotopic (exact) mass is 1030 g/mol. The van der Waals surface area contributed by atoms with Gasteiger partial charge >= 0.3 is 39.0 Å². The average Bonchev–Trinajstić information content (AvgIpc) is 3.15. The number of rotatable bonds is 0. The van der Waals surface area contributed by atoms with Gasteiger partial charge in [0, 0.05) is 26.2 Å². The fourth-order valence-electron chi connectivity index (χ4n) is 4.78. The van der Waals surface area contributed by atoms with Gasteiger partial charge in [-0.15, -0.1) is 46.4 Å². The van der Waals surface area contributed by atoms with Crippen LogP contribution in [0.1, 0.15) is 128 Å². The first-order valence-electron chi connectivity index (χ1n) is 19.3. The zero-order valence-electron chi connectivity index (χ0n) is 32.8. The molecule has 14 heteroatoms. The molecule has 6 rings (SSSR count). The second kappa shape index (κ2) is 53.7. The van der Waals surface area contributed by atoms with E-state index in [-0.39, 0.29) is 73.2 Å². The van der Waals surface area contributed by atoms with E-state index in [0.29, 0.717) is 25.7 Å². The summed E-state index contributed by atoms with van der Waals surface area (Å²) in [5, 5.41) is 43.1. The first kappa shape index (κ1) is 61.4. The Hall–Kier alpha value is -1.27. The van der Waals surface area contributed by atoms with E-state index in [2.05, 4.69) is 32.1 Å². The molecule has 0 aromatic heterocycles. The van der Waals surface area contributed by atoms with E-state index in [1.807, 2.05) is 60.7 Å². The quantitative estimate of drug-likeness (QED) is 0.148. The van der Waals surface area contributed by atoms with Gasteiger partial charge in [0.05, 0.1) is 10.7 Å². The SMILES string of the molecule is ClCCl.ClCCl.[O-]C1=NCCCCCC1.[O-]C1=NCCCCCC1.[O-]C1=NCCCCCC1.[O-]C1=NCCCCCC1.[Rh+3].[Rh+3].[c-]1ccccc1.[c-]1ccccc1. The van der Waals surface area contributed by atoms with Crippen LogP contribution in [0, 0.1) is 12.1 Å². The van der Waals surface area contributed by atoms with Crippen molar-refractivity contribution in [1.82, 2.24) is 0 Å². The molecule has 56 heavy (non-hydrogen) atoms. The Morgan fingerprint density at radius 2 is 0.554 bits per heavy atom. The first-order valence-corrected chi connectivity index (χ1v) is 21.4. The third-order valence-corrected chi connectivity index (χ3v) is 7.56. The molecule has 2 aromatic rings. The molecule has 4 heterocycles. The van der Waals surface area contributed by atoms with Crippen molar-refractivity contribution < 1.29 is 59.4 Å². The molecule has 0 unspecified atom stereocenters. The van der Waals surface area contributed by atoms with Crippen LogP contribution in [0.15, 0.2) is 80.6 Å². The Labute approximate surface area is 384 Å². The van der Waals surface area contributed by atoms with Crippen molar-refractivity contribution in [2.75, 3.05) is 36.9 Å². The zero-order valence-corrected chi connectivity index (χ0v) is 39.1. The van der Waals surface area contributed by atoms with Gasteiger partial charge in [-0.05, 0) is 101 Å². The minimum Gasteiger partial charge on any atom is -0.862 e. The minimum atomic E-state index is 0. The number of benzene rings is 2. The predicted octanol–water partition coefficient (Wildman–Crippen LogP) is 8.65. The maximum atomic E-state index is 10.7. The molecule has 0 saturated carbocycles. The molecule has 0 radical (unpaired) electrons. The number of nitrogens with zero attached hydrogens (tertiary/aromatic N) is 4. The standard InChI is InChI=1S/4C7H13NO.2C6H5.2CH2Cl2.2Rh/c4*9-7-5-3-1-2-4-6-8-7;2*1-2-4-6-5-3-1;2*2-1-3;;/h4*1-6H2,(H,8,9);2*1-5H;2*1H2;;/q;;;;2*-1;;;2*+3/p-4. The Kier molecular flexibility index (Phi) is 58.9. The molecule has 0 bridgehead atoms. The van der Waals surface area contributed by atoms with Crippen LogP contribution in [0.3, 0.4) is 0 Å². The van der Waals surface area contributed by atoms with E-state index in [1.165, 1.54) is 51.4 Å². The summed E-state index contributed by atoms with van der Waals surface area (Å²) in [6.45, 7) is 3.05. The van der Waals surface area contributed by atoms with E-state index in [0.717, 1.165) is 77.5 Å². The van der Waals surface area contributed by atoms with Crippen molar-refractivity contribution in [2.24, 2.45) is 20.0 Å². The number of alkyl halides is 4. The van der Waals surface area contributed by atoms with Gasteiger partial charge in [0.2, 0.25) is 0 Å². The summed E-state index contributed by atoms with van der Waals surface area (Å²) >= 11 is 19.1. The van der Waals surface area contributed by atoms with E-state index < -0.39 is 0 Å². The van der Waals surface area contributed by atoms with Crippen molar-refractivity contribution in [3.8, 4) is 0 Å². The van der Waals surface area contributed by atoms with E-state index in [1.54, 1.807) is 0 Å². The van der Waals surface area contributed by atoms with Crippen LogP contribution >= 0.6 is 46.4 Å². The third-order valence-electron chi connectivity index (χ3n) is 7.56. The molecule has 2 aromatic carbocycles. The van der Waals surface area contributed by atoms with E-state index in [9.17, 15) is 20.4 Å². The second-order valence-electron chi connectivity index (χ2n) is 12.1. The first-order chi connectivity index (χ1) is 26.4. The molecule has 320 valence electrons. The van der Waals surface area contributed by atoms with Gasteiger partial charge in [-0.3, -0.25) is 0 Å². The van der Waals surface area contributed by atoms with Gasteiger partial charge in [0.15, 0.2) is 0 Å². The van der Waals surface area contributed by atoms with Gasteiger partial charge in [-0.25, -0.2) is 0 Å². The van der Waals surface area contributed by atoms with Crippen molar-refractivity contribution >= 4 is 70.0 Å². The summed E-state index contributed by atoms with van der Waals surface area (Å²) < 4.78 is 0. The number of hydrogen-bond acceptors (Lipinski definition) is 8. The molecular weight excluding hydrogens is 972 g/mol. The molecule has 0 fully saturated rings. The van der Waals surface area contributed by atoms with Crippen LogP contribution in [-0.2, 0) is 39.0 Å². The van der Waals surface area contributed by atoms with Gasteiger partial charge in [-0.2, -0.15) is 72.8 Å². The molecule has 0 spiro atoms. The van der Waals surface area contributed by atoms with Crippen molar-refractivity contribution in [3.05, 3.63) is 72.8 Å². The molecule has 0 amide bonds. The Morgan fingerprint density at radius 1 is 0.357 bits per heavy atom. The molecule has 0 saturated heterocycles. The molecule has 8 nitrogen and oxygen atoms in total. The van der Waals surface area contributed by atoms with E-state index >= 15 is 0 Å². The summed E-state index contributed by atoms with van der Waals surface area (Å²) in [5.41, 5.74) is 0. The van der Waals surface area contributed by atoms with Gasteiger partial charge in [-0.1, -0.05) is 51.4 Å². The fourth-order valence-corrected chi connectivity index (χ4v) is 4.78. The predicted molar refractivity (Wildman–Crippen MR) is 225 cm³/mol. The Morgan fingerprint density at radius 3 is 0.714 bits per heavy atom. The van der Waals surface area contributed by atoms with Gasteiger partial charge in [0.25, 0.3) is 0 Å². The summed E-state index contributed by atoms with van der Waals surface area (Å²) in [7, 11) is 0. The molecule has 0 aliphatic carbocycles. The van der Waals surface area contributed by atoms with Gasteiger partial charge < -0.3 is 40.4 Å². The fraction of sp³-hybridized carbons (Fsp3) is 0.619. The van der Waals surface area contributed by atoms with E-state index in [4.69, 9.17) is 46.4 Å². The van der Waals surface area contributed by atoms with Gasteiger partial charge in [0.1, 0.15) is 0 Å². The van der Waals surface area contributed by atoms with Crippen LogP contribution < -0.4 is 20.4 Å². The molecule has 4 aliphatic rings. The zero-order chi connectivity index (χ0) is 40.0. The topological polar surface area (TPSA) is 142 Å². The molecule has 0 N–H and O–H groups in total. The van der Waals surface area contributed by atoms with Crippen LogP contribution in [0.2, 0.25) is 0 Å². The Balaban J connectivity index is -0.000000281. The second-order valence-corrected chi connectivity index (χ2v) is 13.7. The van der Waals surface area contributed by atoms with Crippen LogP contribution in [0.25, 0.3) is 0 Å². The largest absolute Gasteiger partial charge is 3.00 e. The van der Waals surface area contributed by atoms with Crippen molar-refractivity contribution in [3.63, 3.8) is 0 Å². The van der Waals surface area contributed by atoms with Crippen LogP contribution in [-0.4, -0.2) is 60.4 Å². The summed E-state index contributed by atoms with van der Waals surface area (Å²) in [4.78, 5) is 15.4. The summed E-state index contributed by atoms with van der Waals surface area (Å²) in [6.07, 6.45) is 21.1. The Bertz CT molecular complexity index is 957. The molecule has 4 aliphatic heterocycles. The third kappa shape index (κ3) is 54.8. The maximum absolute atomic E-state index is 10.7. The maximum Gasteiger partial charge on any atom is 3.00 e. The molecular formula is C42H62Cl4N4O4Rh2.